The molecular weight excluding hydrogens is 276 g/mol. The van der Waals surface area contributed by atoms with Crippen molar-refractivity contribution < 1.29 is 19.4 Å². The number of primary amides is 1. The Kier molecular flexibility index (Phi) is 4.70. The quantitative estimate of drug-likeness (QED) is 0.431. The van der Waals surface area contributed by atoms with E-state index in [2.05, 4.69) is 16.0 Å². The molecule has 2 aliphatic heterocycles. The summed E-state index contributed by atoms with van der Waals surface area (Å²) >= 11 is 0. The van der Waals surface area contributed by atoms with Gasteiger partial charge in [-0.25, -0.2) is 4.79 Å². The summed E-state index contributed by atoms with van der Waals surface area (Å²) < 4.78 is 5.86. The van der Waals surface area contributed by atoms with E-state index in [-0.39, 0.29) is 12.5 Å². The van der Waals surface area contributed by atoms with Crippen LogP contribution < -0.4 is 21.7 Å². The molecule has 2 heterocycles. The topological polar surface area (TPSA) is 126 Å². The number of rotatable bonds is 3. The maximum atomic E-state index is 11.9. The molecule has 3 amide bonds. The smallest absolute Gasteiger partial charge is 0.312 e. The molecule has 120 valence electrons. The molecule has 2 fully saturated rings. The van der Waals surface area contributed by atoms with Crippen molar-refractivity contribution in [3.05, 3.63) is 0 Å². The molecule has 0 unspecified atom stereocenters. The second-order valence-corrected chi connectivity index (χ2v) is 6.00. The first kappa shape index (κ1) is 16.0. The summed E-state index contributed by atoms with van der Waals surface area (Å²) in [6.07, 6.45) is 1.14. The molecule has 1 spiro atoms. The second kappa shape index (κ2) is 6.17. The zero-order chi connectivity index (χ0) is 15.5. The number of hydrogen-bond donors (Lipinski definition) is 5. The highest BCUT2D eigenvalue weighted by atomic mass is 16.5. The fourth-order valence-corrected chi connectivity index (χ4v) is 3.19. The SMILES string of the molecule is C[C@@]1(NC(=O)CNC(N)=O)CCOC2(CCNCC2)[C@H]1O. The average Bonchev–Trinajstić information content (AvgIpc) is 2.44. The number of carbonyl (C=O) groups is 2. The third kappa shape index (κ3) is 3.45. The fraction of sp³-hybridized carbons (Fsp3) is 0.846. The molecule has 0 aliphatic carbocycles. The summed E-state index contributed by atoms with van der Waals surface area (Å²) in [6.45, 7) is 3.66. The number of aliphatic hydroxyl groups is 1. The van der Waals surface area contributed by atoms with Gasteiger partial charge in [-0.2, -0.15) is 0 Å². The third-order valence-electron chi connectivity index (χ3n) is 4.41. The molecule has 0 aromatic carbocycles. The number of nitrogens with one attached hydrogen (secondary N) is 3. The summed E-state index contributed by atoms with van der Waals surface area (Å²) in [7, 11) is 0. The van der Waals surface area contributed by atoms with Gasteiger partial charge in [0.2, 0.25) is 5.91 Å². The summed E-state index contributed by atoms with van der Waals surface area (Å²) in [4.78, 5) is 22.5. The van der Waals surface area contributed by atoms with Crippen molar-refractivity contribution in [3.63, 3.8) is 0 Å². The number of carbonyl (C=O) groups excluding carboxylic acids is 2. The normalized spacial score (nSPS) is 31.6. The summed E-state index contributed by atoms with van der Waals surface area (Å²) in [5.41, 5.74) is 3.56. The largest absolute Gasteiger partial charge is 0.388 e. The first-order valence-corrected chi connectivity index (χ1v) is 7.25. The molecule has 2 rings (SSSR count). The molecule has 8 nitrogen and oxygen atoms in total. The Morgan fingerprint density at radius 2 is 2.05 bits per heavy atom. The van der Waals surface area contributed by atoms with Gasteiger partial charge in [0.1, 0.15) is 6.10 Å². The number of hydrogen-bond acceptors (Lipinski definition) is 5. The second-order valence-electron chi connectivity index (χ2n) is 6.00. The molecule has 21 heavy (non-hydrogen) atoms. The summed E-state index contributed by atoms with van der Waals surface area (Å²) in [6, 6.07) is -0.752. The number of nitrogens with two attached hydrogens (primary N) is 1. The van der Waals surface area contributed by atoms with E-state index in [1.807, 2.05) is 6.92 Å². The summed E-state index contributed by atoms with van der Waals surface area (Å²) in [5.74, 6) is -0.374. The molecule has 8 heteroatoms. The van der Waals surface area contributed by atoms with Crippen LogP contribution in [0.4, 0.5) is 4.79 Å². The lowest BCUT2D eigenvalue weighted by molar-refractivity contribution is -0.200. The molecule has 0 radical (unpaired) electrons. The first-order chi connectivity index (χ1) is 9.88. The molecular formula is C13H24N4O4. The van der Waals surface area contributed by atoms with E-state index in [9.17, 15) is 14.7 Å². The van der Waals surface area contributed by atoms with Crippen LogP contribution in [0.15, 0.2) is 0 Å². The molecule has 0 saturated carbocycles. The molecule has 6 N–H and O–H groups in total. The lowest BCUT2D eigenvalue weighted by Crippen LogP contribution is -2.69. The highest BCUT2D eigenvalue weighted by molar-refractivity contribution is 5.83. The van der Waals surface area contributed by atoms with E-state index in [1.165, 1.54) is 0 Å². The average molecular weight is 300 g/mol. The monoisotopic (exact) mass is 300 g/mol. The maximum Gasteiger partial charge on any atom is 0.312 e. The van der Waals surface area contributed by atoms with Crippen LogP contribution in [0, 0.1) is 0 Å². The van der Waals surface area contributed by atoms with E-state index < -0.39 is 23.3 Å². The van der Waals surface area contributed by atoms with Gasteiger partial charge in [0.15, 0.2) is 0 Å². The number of ether oxygens (including phenoxy) is 1. The van der Waals surface area contributed by atoms with Crippen molar-refractivity contribution in [3.8, 4) is 0 Å². The van der Waals surface area contributed by atoms with Crippen molar-refractivity contribution in [1.29, 1.82) is 0 Å². The van der Waals surface area contributed by atoms with Gasteiger partial charge in [0.05, 0.1) is 17.7 Å². The maximum absolute atomic E-state index is 11.9. The van der Waals surface area contributed by atoms with Gasteiger partial charge in [-0.05, 0) is 39.3 Å². The zero-order valence-corrected chi connectivity index (χ0v) is 12.3. The van der Waals surface area contributed by atoms with Crippen LogP contribution in [-0.4, -0.2) is 60.5 Å². The molecule has 2 aliphatic rings. The Bertz CT molecular complexity index is 405. The minimum atomic E-state index is -0.793. The highest BCUT2D eigenvalue weighted by Crippen LogP contribution is 2.38. The van der Waals surface area contributed by atoms with Gasteiger partial charge in [-0.3, -0.25) is 4.79 Å². The van der Waals surface area contributed by atoms with E-state index >= 15 is 0 Å². The van der Waals surface area contributed by atoms with Gasteiger partial charge in [-0.15, -0.1) is 0 Å². The van der Waals surface area contributed by atoms with Crippen LogP contribution in [0.3, 0.4) is 0 Å². The Labute approximate surface area is 123 Å². The summed E-state index contributed by atoms with van der Waals surface area (Å²) in [5, 5.41) is 19.0. The van der Waals surface area contributed by atoms with Crippen LogP contribution >= 0.6 is 0 Å². The first-order valence-electron chi connectivity index (χ1n) is 7.25. The van der Waals surface area contributed by atoms with Crippen molar-refractivity contribution in [1.82, 2.24) is 16.0 Å². The third-order valence-corrected chi connectivity index (χ3v) is 4.41. The minimum Gasteiger partial charge on any atom is -0.388 e. The van der Waals surface area contributed by atoms with E-state index in [0.29, 0.717) is 25.9 Å². The van der Waals surface area contributed by atoms with Gasteiger partial charge >= 0.3 is 6.03 Å². The molecule has 0 bridgehead atoms. The molecule has 0 aromatic rings. The number of piperidine rings is 1. The van der Waals surface area contributed by atoms with Crippen molar-refractivity contribution in [2.75, 3.05) is 26.2 Å². The number of aliphatic hydroxyl groups excluding tert-OH is 1. The minimum absolute atomic E-state index is 0.201. The number of amides is 3. The molecule has 2 saturated heterocycles. The Morgan fingerprint density at radius 1 is 1.38 bits per heavy atom. The van der Waals surface area contributed by atoms with Crippen LogP contribution in [0.25, 0.3) is 0 Å². The Morgan fingerprint density at radius 3 is 2.67 bits per heavy atom. The number of urea groups is 1. The van der Waals surface area contributed by atoms with Crippen LogP contribution in [0.2, 0.25) is 0 Å². The van der Waals surface area contributed by atoms with Gasteiger partial charge in [-0.1, -0.05) is 0 Å². The van der Waals surface area contributed by atoms with Crippen LogP contribution in [0.1, 0.15) is 26.2 Å². The predicted molar refractivity (Wildman–Crippen MR) is 75.5 cm³/mol. The highest BCUT2D eigenvalue weighted by Gasteiger charge is 2.52. The van der Waals surface area contributed by atoms with Crippen molar-refractivity contribution in [2.45, 2.75) is 43.4 Å². The van der Waals surface area contributed by atoms with E-state index in [4.69, 9.17) is 10.5 Å². The fourth-order valence-electron chi connectivity index (χ4n) is 3.19. The van der Waals surface area contributed by atoms with Crippen molar-refractivity contribution in [2.24, 2.45) is 5.73 Å². The molecule has 0 aromatic heterocycles. The van der Waals surface area contributed by atoms with E-state index in [0.717, 1.165) is 13.1 Å². The van der Waals surface area contributed by atoms with E-state index in [1.54, 1.807) is 0 Å². The zero-order valence-electron chi connectivity index (χ0n) is 12.3. The standard InChI is InChI=1S/C13H24N4O4/c1-12(17-9(18)8-16-11(14)20)4-7-21-13(10(12)19)2-5-15-6-3-13/h10,15,19H,2-8H2,1H3,(H,17,18)(H3,14,16,20)/t10-,12+/m0/s1. The van der Waals surface area contributed by atoms with Crippen LogP contribution in [0.5, 0.6) is 0 Å². The van der Waals surface area contributed by atoms with Gasteiger partial charge in [0.25, 0.3) is 0 Å². The van der Waals surface area contributed by atoms with Gasteiger partial charge < -0.3 is 31.5 Å². The lowest BCUT2D eigenvalue weighted by atomic mass is 9.73. The Hall–Kier alpha value is -1.38. The predicted octanol–water partition coefficient (Wildman–Crippen LogP) is -1.57. The van der Waals surface area contributed by atoms with Crippen LogP contribution in [-0.2, 0) is 9.53 Å². The van der Waals surface area contributed by atoms with Gasteiger partial charge in [0, 0.05) is 6.61 Å². The van der Waals surface area contributed by atoms with Crippen molar-refractivity contribution >= 4 is 11.9 Å². The Balaban J connectivity index is 2.02. The molecule has 2 atom stereocenters. The lowest BCUT2D eigenvalue weighted by Gasteiger charge is -2.52.